The van der Waals surface area contributed by atoms with Crippen molar-refractivity contribution in [1.29, 1.82) is 0 Å². The summed E-state index contributed by atoms with van der Waals surface area (Å²) in [5, 5.41) is 11.7. The number of ether oxygens (including phenoxy) is 1. The highest BCUT2D eigenvalue weighted by atomic mass is 35.5. The number of hydrogen-bond acceptors (Lipinski definition) is 7. The molecule has 4 heterocycles. The van der Waals surface area contributed by atoms with Crippen LogP contribution in [0.5, 0.6) is 5.75 Å². The Labute approximate surface area is 266 Å². The highest BCUT2D eigenvalue weighted by molar-refractivity contribution is 8.27. The predicted molar refractivity (Wildman–Crippen MR) is 177 cm³/mol. The number of anilines is 1. The van der Waals surface area contributed by atoms with Gasteiger partial charge in [-0.15, -0.1) is 0 Å². The van der Waals surface area contributed by atoms with Gasteiger partial charge in [0, 0.05) is 61.9 Å². The standard InChI is InChI=1S/C28H31ClF2N8O3S.C2H6/c1-43(2,3)14-13-36-9-11-37(12-10-36)24(40)18-38-17-22(34-27(41)21-16-33-39-8-4-7-32-26(21)39)25(35-38)20-15-19(29)5-6-23(20)42-28(30)31;1-2/h4-8,15-17,28H,1-2,9-14,18H2,3H3,(H,34,41);1-2H3. The van der Waals surface area contributed by atoms with Gasteiger partial charge in [0.05, 0.1) is 11.9 Å². The molecule has 11 nitrogen and oxygen atoms in total. The van der Waals surface area contributed by atoms with E-state index in [0.29, 0.717) is 18.7 Å². The van der Waals surface area contributed by atoms with E-state index in [9.17, 15) is 18.4 Å². The van der Waals surface area contributed by atoms with E-state index >= 15 is 0 Å². The Hall–Kier alpha value is -4.01. The van der Waals surface area contributed by atoms with Gasteiger partial charge in [0.25, 0.3) is 5.91 Å². The molecular weight excluding hydrogens is 626 g/mol. The first kappa shape index (κ1) is 33.9. The topological polar surface area (TPSA) is 110 Å². The smallest absolute Gasteiger partial charge is 0.387 e. The summed E-state index contributed by atoms with van der Waals surface area (Å²) < 4.78 is 34.0. The van der Waals surface area contributed by atoms with E-state index in [4.69, 9.17) is 16.3 Å². The zero-order chi connectivity index (χ0) is 32.7. The van der Waals surface area contributed by atoms with Crippen LogP contribution < -0.4 is 10.1 Å². The number of nitrogens with one attached hydrogen (secondary N) is 1. The van der Waals surface area contributed by atoms with Crippen molar-refractivity contribution in [3.8, 4) is 17.0 Å². The lowest BCUT2D eigenvalue weighted by Gasteiger charge is -2.35. The molecule has 0 saturated carbocycles. The van der Waals surface area contributed by atoms with Crippen molar-refractivity contribution in [2.45, 2.75) is 27.0 Å². The quantitative estimate of drug-likeness (QED) is 0.248. The van der Waals surface area contributed by atoms with Crippen LogP contribution in [0.2, 0.25) is 5.02 Å². The number of carbonyl (C=O) groups excluding carboxylic acids is 2. The van der Waals surface area contributed by atoms with Gasteiger partial charge in [-0.05, 0) is 36.3 Å². The van der Waals surface area contributed by atoms with Crippen molar-refractivity contribution < 1.29 is 23.1 Å². The lowest BCUT2D eigenvalue weighted by Crippen LogP contribution is -2.50. The summed E-state index contributed by atoms with van der Waals surface area (Å²) in [4.78, 5) is 34.8. The number of amides is 2. The summed E-state index contributed by atoms with van der Waals surface area (Å²) in [7, 11) is -1.10. The molecule has 242 valence electrons. The number of halogens is 3. The summed E-state index contributed by atoms with van der Waals surface area (Å²) >= 11 is 6.20. The number of aromatic nitrogens is 5. The molecule has 0 spiro atoms. The number of hydrogen-bond donors (Lipinski definition) is 1. The first-order valence-electron chi connectivity index (χ1n) is 14.3. The third-order valence-electron chi connectivity index (χ3n) is 6.87. The summed E-state index contributed by atoms with van der Waals surface area (Å²) in [6, 6.07) is 5.78. The van der Waals surface area contributed by atoms with Gasteiger partial charge in [-0.3, -0.25) is 19.2 Å². The second kappa shape index (κ2) is 14.8. The van der Waals surface area contributed by atoms with E-state index < -0.39 is 21.7 Å². The van der Waals surface area contributed by atoms with E-state index in [-0.39, 0.29) is 45.7 Å². The molecule has 1 N–H and O–H groups in total. The molecule has 15 heteroatoms. The largest absolute Gasteiger partial charge is 0.434 e. The first-order chi connectivity index (χ1) is 21.5. The molecule has 4 aromatic rings. The molecule has 0 radical (unpaired) electrons. The maximum atomic E-state index is 13.3. The van der Waals surface area contributed by atoms with Crippen LogP contribution in [0.1, 0.15) is 24.2 Å². The average Bonchev–Trinajstić information content (AvgIpc) is 3.61. The Bertz CT molecular complexity index is 1750. The molecule has 1 fully saturated rings. The van der Waals surface area contributed by atoms with Gasteiger partial charge >= 0.3 is 6.61 Å². The Morgan fingerprint density at radius 3 is 2.60 bits per heavy atom. The summed E-state index contributed by atoms with van der Waals surface area (Å²) in [6.45, 7) is 4.22. The molecule has 0 atom stereocenters. The molecular formula is C30H37ClF2N8O3S. The molecule has 2 amide bonds. The molecule has 0 unspecified atom stereocenters. The Morgan fingerprint density at radius 1 is 1.18 bits per heavy atom. The predicted octanol–water partition coefficient (Wildman–Crippen LogP) is 4.57. The second-order valence-electron chi connectivity index (χ2n) is 10.4. The van der Waals surface area contributed by atoms with Gasteiger partial charge in [0.2, 0.25) is 5.91 Å². The van der Waals surface area contributed by atoms with Crippen molar-refractivity contribution in [3.05, 3.63) is 59.6 Å². The van der Waals surface area contributed by atoms with Crippen LogP contribution in [0.15, 0.2) is 49.1 Å². The Kier molecular flexibility index (Phi) is 11.2. The van der Waals surface area contributed by atoms with Gasteiger partial charge < -0.3 is 15.0 Å². The number of benzene rings is 1. The van der Waals surface area contributed by atoms with Crippen molar-refractivity contribution in [3.63, 3.8) is 0 Å². The number of carbonyl (C=O) groups is 2. The third-order valence-corrected chi connectivity index (χ3v) is 8.27. The fourth-order valence-corrected chi connectivity index (χ4v) is 5.54. The monoisotopic (exact) mass is 662 g/mol. The van der Waals surface area contributed by atoms with Crippen molar-refractivity contribution in [2.75, 3.05) is 50.0 Å². The molecule has 0 aliphatic carbocycles. The highest BCUT2D eigenvalue weighted by Gasteiger charge is 2.25. The molecule has 1 saturated heterocycles. The van der Waals surface area contributed by atoms with E-state index in [1.54, 1.807) is 17.2 Å². The SMILES string of the molecule is C=S(=C)(C)CCN1CCN(C(=O)Cn2cc(NC(=O)c3cnn4cccnc34)c(-c3cc(Cl)ccc3OC(F)F)n2)CC1.CC. The van der Waals surface area contributed by atoms with Crippen LogP contribution >= 0.6 is 20.8 Å². The molecule has 1 aromatic carbocycles. The van der Waals surface area contributed by atoms with Crippen LogP contribution in [-0.2, 0) is 11.3 Å². The summed E-state index contributed by atoms with van der Waals surface area (Å²) in [5.41, 5.74) is 0.879. The maximum Gasteiger partial charge on any atom is 0.387 e. The van der Waals surface area contributed by atoms with Crippen molar-refractivity contribution >= 4 is 55.7 Å². The lowest BCUT2D eigenvalue weighted by molar-refractivity contribution is -0.133. The molecule has 1 aliphatic heterocycles. The number of piperazine rings is 1. The minimum absolute atomic E-state index is 0.0976. The van der Waals surface area contributed by atoms with Gasteiger partial charge in [-0.2, -0.15) is 19.0 Å². The fourth-order valence-electron chi connectivity index (χ4n) is 4.66. The van der Waals surface area contributed by atoms with Gasteiger partial charge in [-0.1, -0.05) is 37.2 Å². The maximum absolute atomic E-state index is 13.3. The van der Waals surface area contributed by atoms with Crippen LogP contribution in [0, 0.1) is 0 Å². The summed E-state index contributed by atoms with van der Waals surface area (Å²) in [6.07, 6.45) is 8.09. The van der Waals surface area contributed by atoms with E-state index in [2.05, 4.69) is 43.4 Å². The average molecular weight is 663 g/mol. The zero-order valence-electron chi connectivity index (χ0n) is 25.5. The van der Waals surface area contributed by atoms with Gasteiger partial charge in [0.15, 0.2) is 5.65 Å². The van der Waals surface area contributed by atoms with E-state index in [0.717, 1.165) is 25.4 Å². The molecule has 5 rings (SSSR count). The van der Waals surface area contributed by atoms with Gasteiger partial charge in [0.1, 0.15) is 23.6 Å². The lowest BCUT2D eigenvalue weighted by atomic mass is 10.1. The minimum atomic E-state index is -3.11. The van der Waals surface area contributed by atoms with Crippen LogP contribution in [-0.4, -0.2) is 109 Å². The van der Waals surface area contributed by atoms with Crippen LogP contribution in [0.3, 0.4) is 0 Å². The summed E-state index contributed by atoms with van der Waals surface area (Å²) in [5.74, 6) is 8.27. The first-order valence-corrected chi connectivity index (χ1v) is 17.2. The number of alkyl halides is 2. The van der Waals surface area contributed by atoms with E-state index in [1.807, 2.05) is 13.8 Å². The van der Waals surface area contributed by atoms with Crippen LogP contribution in [0.25, 0.3) is 16.9 Å². The normalized spacial score (nSPS) is 13.9. The van der Waals surface area contributed by atoms with Crippen molar-refractivity contribution in [2.24, 2.45) is 0 Å². The van der Waals surface area contributed by atoms with Gasteiger partial charge in [-0.25, -0.2) is 18.7 Å². The number of rotatable bonds is 10. The Morgan fingerprint density at radius 2 is 1.91 bits per heavy atom. The van der Waals surface area contributed by atoms with Crippen LogP contribution in [0.4, 0.5) is 14.5 Å². The van der Waals surface area contributed by atoms with Crippen molar-refractivity contribution in [1.82, 2.24) is 34.2 Å². The highest BCUT2D eigenvalue weighted by Crippen LogP contribution is 2.37. The minimum Gasteiger partial charge on any atom is -0.434 e. The molecule has 45 heavy (non-hydrogen) atoms. The zero-order valence-corrected chi connectivity index (χ0v) is 27.0. The second-order valence-corrected chi connectivity index (χ2v) is 14.2. The third kappa shape index (κ3) is 8.80. The Balaban J connectivity index is 0.00000226. The fraction of sp³-hybridized carbons (Fsp3) is 0.367. The number of nitrogens with zero attached hydrogens (tertiary/aromatic N) is 7. The number of fused-ring (bicyclic) bond motifs is 1. The molecule has 1 aliphatic rings. The molecule has 0 bridgehead atoms. The molecule has 3 aromatic heterocycles. The van der Waals surface area contributed by atoms with E-state index in [1.165, 1.54) is 46.0 Å².